The van der Waals surface area contributed by atoms with E-state index in [-0.39, 0.29) is 11.7 Å². The Balaban J connectivity index is 1.58. The van der Waals surface area contributed by atoms with Gasteiger partial charge in [-0.1, -0.05) is 0 Å². The maximum absolute atomic E-state index is 6.57. The van der Waals surface area contributed by atoms with Crippen LogP contribution in [0.15, 0.2) is 84.9 Å². The fourth-order valence-corrected chi connectivity index (χ4v) is 8.23. The fraction of sp³-hybridized carbons (Fsp3) is 0.379. The summed E-state index contributed by atoms with van der Waals surface area (Å²) in [5.74, 6) is 0. The summed E-state index contributed by atoms with van der Waals surface area (Å²) in [5.41, 5.74) is 4.05. The Hall–Kier alpha value is -1.90. The van der Waals surface area contributed by atoms with E-state index >= 15 is 0 Å². The summed E-state index contributed by atoms with van der Waals surface area (Å²) in [6, 6.07) is 31.4. The van der Waals surface area contributed by atoms with Crippen molar-refractivity contribution in [2.75, 3.05) is 7.05 Å². The van der Waals surface area contributed by atoms with Gasteiger partial charge in [0.05, 0.1) is 0 Å². The van der Waals surface area contributed by atoms with Gasteiger partial charge in [-0.3, -0.25) is 0 Å². The van der Waals surface area contributed by atoms with Gasteiger partial charge in [0, 0.05) is 0 Å². The van der Waals surface area contributed by atoms with Crippen LogP contribution in [0.1, 0.15) is 69.0 Å². The van der Waals surface area contributed by atoms with Crippen molar-refractivity contribution in [3.63, 3.8) is 0 Å². The van der Waals surface area contributed by atoms with E-state index in [1.807, 2.05) is 0 Å². The van der Waals surface area contributed by atoms with E-state index in [1.54, 1.807) is 0 Å². The van der Waals surface area contributed by atoms with Crippen LogP contribution in [0, 0.1) is 0 Å². The molecule has 0 saturated carbocycles. The normalized spacial score (nSPS) is 22.1. The van der Waals surface area contributed by atoms with Gasteiger partial charge in [0.2, 0.25) is 0 Å². The molecule has 1 heterocycles. The molecule has 4 atom stereocenters. The van der Waals surface area contributed by atoms with Gasteiger partial charge in [-0.05, 0) is 0 Å². The van der Waals surface area contributed by atoms with Crippen LogP contribution in [0.3, 0.4) is 0 Å². The Morgan fingerprint density at radius 1 is 0.844 bits per heavy atom. The van der Waals surface area contributed by atoms with Gasteiger partial charge < -0.3 is 0 Å². The fourth-order valence-electron chi connectivity index (χ4n) is 4.71. The zero-order valence-corrected chi connectivity index (χ0v) is 21.6. The van der Waals surface area contributed by atoms with E-state index in [9.17, 15) is 0 Å². The first kappa shape index (κ1) is 23.3. The first-order chi connectivity index (χ1) is 15.4. The second kappa shape index (κ2) is 9.93. The molecule has 1 aliphatic rings. The van der Waals surface area contributed by atoms with Crippen molar-refractivity contribution in [1.82, 2.24) is 4.90 Å². The minimum atomic E-state index is -0.0773. The molecule has 0 radical (unpaired) electrons. The van der Waals surface area contributed by atoms with Crippen LogP contribution >= 0.6 is 0 Å². The summed E-state index contributed by atoms with van der Waals surface area (Å²) >= 11 is 0.329. The van der Waals surface area contributed by atoms with Crippen molar-refractivity contribution in [2.45, 2.75) is 62.7 Å². The predicted molar refractivity (Wildman–Crippen MR) is 136 cm³/mol. The van der Waals surface area contributed by atoms with E-state index < -0.39 is 0 Å². The van der Waals surface area contributed by atoms with Crippen LogP contribution < -0.4 is 4.46 Å². The Labute approximate surface area is 200 Å². The van der Waals surface area contributed by atoms with Gasteiger partial charge in [-0.15, -0.1) is 0 Å². The summed E-state index contributed by atoms with van der Waals surface area (Å²) in [7, 11) is 2.25. The van der Waals surface area contributed by atoms with Gasteiger partial charge in [0.1, 0.15) is 0 Å². The zero-order chi connectivity index (χ0) is 22.7. The van der Waals surface area contributed by atoms with E-state index in [2.05, 4.69) is 125 Å². The van der Waals surface area contributed by atoms with Crippen LogP contribution in [0.5, 0.6) is 0 Å². The van der Waals surface area contributed by atoms with Gasteiger partial charge in [0.15, 0.2) is 0 Å². The molecule has 168 valence electrons. The van der Waals surface area contributed by atoms with Gasteiger partial charge in [-0.2, -0.15) is 0 Å². The molecule has 1 saturated heterocycles. The molecule has 32 heavy (non-hydrogen) atoms. The number of rotatable bonds is 7. The second-order valence-corrected chi connectivity index (χ2v) is 12.2. The number of nitrogens with zero attached hydrogens (tertiary/aromatic N) is 1. The van der Waals surface area contributed by atoms with E-state index in [1.165, 1.54) is 21.2 Å². The quantitative estimate of drug-likeness (QED) is 0.349. The van der Waals surface area contributed by atoms with E-state index in [4.69, 9.17) is 4.74 Å². The molecule has 3 aromatic rings. The van der Waals surface area contributed by atoms with Crippen LogP contribution in [-0.4, -0.2) is 32.5 Å². The maximum atomic E-state index is 6.57. The molecular weight excluding hydrogens is 457 g/mol. The molecule has 0 N–H and O–H groups in total. The Kier molecular flexibility index (Phi) is 7.22. The number of ether oxygens (including phenoxy) is 1. The molecule has 4 rings (SSSR count). The summed E-state index contributed by atoms with van der Waals surface area (Å²) < 4.78 is 8.08. The van der Waals surface area contributed by atoms with Crippen LogP contribution in [0.25, 0.3) is 0 Å². The van der Waals surface area contributed by atoms with Gasteiger partial charge in [0.25, 0.3) is 0 Å². The zero-order valence-electron chi connectivity index (χ0n) is 19.9. The standard InChI is InChI=1S/C29H35NOSe/c1-21(23-14-8-6-9-15-23)30(5)22(2)25-18-12-13-19-26(25)32-27-20-29(3,4)31-28(27)24-16-10-7-11-17-24/h6-19,21-22,27-28H,20H2,1-5H3/t21-,22-,27?,28?/m1/s1. The third-order valence-electron chi connectivity index (χ3n) is 6.76. The number of hydrogen-bond acceptors (Lipinski definition) is 2. The molecule has 2 unspecified atom stereocenters. The Bertz CT molecular complexity index is 1000. The molecule has 1 aliphatic heterocycles. The van der Waals surface area contributed by atoms with Crippen molar-refractivity contribution in [3.05, 3.63) is 102 Å². The van der Waals surface area contributed by atoms with Crippen molar-refractivity contribution in [2.24, 2.45) is 0 Å². The molecule has 1 fully saturated rings. The first-order valence-corrected chi connectivity index (χ1v) is 13.5. The molecular formula is C29H35NOSe. The van der Waals surface area contributed by atoms with Crippen molar-refractivity contribution in [3.8, 4) is 0 Å². The average molecular weight is 493 g/mol. The molecule has 0 bridgehead atoms. The van der Waals surface area contributed by atoms with Gasteiger partial charge in [-0.25, -0.2) is 0 Å². The van der Waals surface area contributed by atoms with Crippen molar-refractivity contribution in [1.29, 1.82) is 0 Å². The van der Waals surface area contributed by atoms with E-state index in [0.717, 1.165) is 6.42 Å². The summed E-state index contributed by atoms with van der Waals surface area (Å²) in [6.07, 6.45) is 1.28. The van der Waals surface area contributed by atoms with Gasteiger partial charge >= 0.3 is 200 Å². The Morgan fingerprint density at radius 2 is 1.44 bits per heavy atom. The number of benzene rings is 3. The average Bonchev–Trinajstić information content (AvgIpc) is 3.13. The minimum absolute atomic E-state index is 0.0773. The van der Waals surface area contributed by atoms with E-state index in [0.29, 0.717) is 31.9 Å². The van der Waals surface area contributed by atoms with Crippen LogP contribution in [0.4, 0.5) is 0 Å². The topological polar surface area (TPSA) is 12.5 Å². The molecule has 0 spiro atoms. The van der Waals surface area contributed by atoms with Crippen molar-refractivity contribution >= 4 is 19.4 Å². The third-order valence-corrected chi connectivity index (χ3v) is 9.57. The van der Waals surface area contributed by atoms with Crippen molar-refractivity contribution < 1.29 is 4.74 Å². The predicted octanol–water partition coefficient (Wildman–Crippen LogP) is 6.50. The molecule has 0 aliphatic carbocycles. The summed E-state index contributed by atoms with van der Waals surface area (Å²) in [5, 5.41) is 0. The molecule has 0 aromatic heterocycles. The van der Waals surface area contributed by atoms with Crippen LogP contribution in [-0.2, 0) is 4.74 Å². The second-order valence-electron chi connectivity index (χ2n) is 9.54. The summed E-state index contributed by atoms with van der Waals surface area (Å²) in [6.45, 7) is 9.13. The monoisotopic (exact) mass is 493 g/mol. The molecule has 3 aromatic carbocycles. The number of hydrogen-bond donors (Lipinski definition) is 0. The summed E-state index contributed by atoms with van der Waals surface area (Å²) in [4.78, 5) is 3.03. The van der Waals surface area contributed by atoms with Crippen LogP contribution in [0.2, 0.25) is 4.82 Å². The first-order valence-electron chi connectivity index (χ1n) is 11.6. The molecule has 0 amide bonds. The third kappa shape index (κ3) is 5.18. The molecule has 2 nitrogen and oxygen atoms in total. The Morgan fingerprint density at radius 3 is 2.12 bits per heavy atom. The SMILES string of the molecule is C[C@H](c1ccccc1)N(C)[C@H](C)c1ccccc1[Se]C1CC(C)(C)OC1c1ccccc1. The molecule has 3 heteroatoms.